The number of nitrogens with zero attached hydrogens (tertiary/aromatic N) is 4. The minimum atomic E-state index is 0.0490. The van der Waals surface area contributed by atoms with Crippen LogP contribution >= 0.6 is 11.3 Å². The van der Waals surface area contributed by atoms with Gasteiger partial charge < -0.3 is 10.1 Å². The molecule has 0 bridgehead atoms. The van der Waals surface area contributed by atoms with E-state index in [1.54, 1.807) is 25.4 Å². The highest BCUT2D eigenvalue weighted by atomic mass is 32.1. The summed E-state index contributed by atoms with van der Waals surface area (Å²) in [6.07, 6.45) is 6.62. The van der Waals surface area contributed by atoms with Crippen molar-refractivity contribution in [3.8, 4) is 38.8 Å². The van der Waals surface area contributed by atoms with Gasteiger partial charge in [0.25, 0.3) is 0 Å². The van der Waals surface area contributed by atoms with Gasteiger partial charge in [-0.25, -0.2) is 4.98 Å². The van der Waals surface area contributed by atoms with E-state index in [9.17, 15) is 9.90 Å². The first-order valence-electron chi connectivity index (χ1n) is 10.1. The number of aromatic nitrogens is 6. The van der Waals surface area contributed by atoms with E-state index in [0.717, 1.165) is 32.6 Å². The van der Waals surface area contributed by atoms with Crippen molar-refractivity contribution >= 4 is 39.1 Å². The maximum absolute atomic E-state index is 11.7. The van der Waals surface area contributed by atoms with E-state index in [4.69, 9.17) is 4.98 Å². The Morgan fingerprint density at radius 2 is 1.88 bits per heavy atom. The number of nitrogens with one attached hydrogen (secondary N) is 2. The van der Waals surface area contributed by atoms with Gasteiger partial charge in [0.1, 0.15) is 17.0 Å². The second kappa shape index (κ2) is 7.35. The van der Waals surface area contributed by atoms with Gasteiger partial charge >= 0.3 is 0 Å². The molecule has 9 heteroatoms. The van der Waals surface area contributed by atoms with Gasteiger partial charge in [0.2, 0.25) is 0 Å². The fourth-order valence-electron chi connectivity index (χ4n) is 3.86. The number of thiophene rings is 1. The van der Waals surface area contributed by atoms with Crippen LogP contribution in [0.25, 0.3) is 55.0 Å². The highest BCUT2D eigenvalue weighted by molar-refractivity contribution is 7.17. The number of aromatic hydroxyl groups is 1. The first-order chi connectivity index (χ1) is 16.1. The van der Waals surface area contributed by atoms with Gasteiger partial charge in [-0.2, -0.15) is 5.10 Å². The first kappa shape index (κ1) is 19.3. The molecule has 0 amide bonds. The fourth-order valence-corrected chi connectivity index (χ4v) is 4.79. The molecule has 0 aliphatic heterocycles. The minimum Gasteiger partial charge on any atom is -0.506 e. The summed E-state index contributed by atoms with van der Waals surface area (Å²) in [5, 5.41) is 18.3. The lowest BCUT2D eigenvalue weighted by Gasteiger charge is -2.01. The lowest BCUT2D eigenvalue weighted by atomic mass is 10.1. The third-order valence-corrected chi connectivity index (χ3v) is 6.67. The summed E-state index contributed by atoms with van der Waals surface area (Å²) in [7, 11) is 0. The molecule has 6 heterocycles. The number of fused-ring (bicyclic) bond motifs is 2. The molecule has 0 unspecified atom stereocenters. The van der Waals surface area contributed by atoms with Crippen LogP contribution in [0, 0.1) is 0 Å². The van der Waals surface area contributed by atoms with Crippen molar-refractivity contribution in [2.75, 3.05) is 0 Å². The third kappa shape index (κ3) is 3.26. The maximum atomic E-state index is 11.7. The molecule has 160 valence electrons. The molecule has 0 saturated heterocycles. The van der Waals surface area contributed by atoms with Crippen molar-refractivity contribution in [3.63, 3.8) is 0 Å². The second-order valence-corrected chi connectivity index (χ2v) is 8.73. The van der Waals surface area contributed by atoms with Crippen molar-refractivity contribution in [2.45, 2.75) is 6.92 Å². The average molecular weight is 452 g/mol. The zero-order valence-electron chi connectivity index (χ0n) is 17.3. The quantitative estimate of drug-likeness (QED) is 0.316. The number of Topliss-reactive ketones (excluding diaryl/α,β-unsaturated/α-hetero) is 1. The Bertz CT molecular complexity index is 1680. The van der Waals surface area contributed by atoms with Crippen molar-refractivity contribution in [1.82, 2.24) is 30.1 Å². The molecule has 0 radical (unpaired) electrons. The topological polar surface area (TPSA) is 120 Å². The molecular formula is C24H16N6O2S. The summed E-state index contributed by atoms with van der Waals surface area (Å²) in [6.45, 7) is 1.57. The molecule has 8 nitrogen and oxygen atoms in total. The summed E-state index contributed by atoms with van der Waals surface area (Å²) in [6, 6.07) is 11.2. The highest BCUT2D eigenvalue weighted by Crippen LogP contribution is 2.36. The number of carbonyl (C=O) groups is 1. The number of ketones is 1. The normalized spacial score (nSPS) is 11.4. The Labute approximate surface area is 191 Å². The van der Waals surface area contributed by atoms with E-state index in [2.05, 4.69) is 25.1 Å². The van der Waals surface area contributed by atoms with E-state index in [0.29, 0.717) is 27.3 Å². The summed E-state index contributed by atoms with van der Waals surface area (Å²) >= 11 is 1.46. The molecule has 0 aliphatic rings. The number of H-pyrrole nitrogens is 2. The van der Waals surface area contributed by atoms with Crippen molar-refractivity contribution < 1.29 is 9.90 Å². The molecule has 6 aromatic heterocycles. The van der Waals surface area contributed by atoms with Crippen molar-refractivity contribution in [3.05, 3.63) is 66.1 Å². The molecule has 0 aromatic carbocycles. The largest absolute Gasteiger partial charge is 0.506 e. The highest BCUT2D eigenvalue weighted by Gasteiger charge is 2.17. The standard InChI is InChI=1S/C24H16N6O2S/c1-12(31)21-4-5-22(33-21)16-10-26-11-20-15(16)7-19(27-20)24-23-18(29-30-24)3-2-17(28-23)13-6-14(32)9-25-8-13/h2-11,27,32H,1H3,(H,29,30). The number of pyridine rings is 3. The monoisotopic (exact) mass is 452 g/mol. The summed E-state index contributed by atoms with van der Waals surface area (Å²) in [5.74, 6) is 0.131. The molecule has 0 saturated carbocycles. The van der Waals surface area contributed by atoms with Crippen LogP contribution in [0.1, 0.15) is 16.6 Å². The Hall–Kier alpha value is -4.37. The number of aromatic amines is 2. The predicted octanol–water partition coefficient (Wildman–Crippen LogP) is 5.20. The van der Waals surface area contributed by atoms with Gasteiger partial charge in [-0.3, -0.25) is 19.9 Å². The third-order valence-electron chi connectivity index (χ3n) is 5.45. The molecular weight excluding hydrogens is 436 g/mol. The summed E-state index contributed by atoms with van der Waals surface area (Å²) < 4.78 is 0. The van der Waals surface area contributed by atoms with Gasteiger partial charge in [0.05, 0.1) is 39.7 Å². The molecule has 6 rings (SSSR count). The lowest BCUT2D eigenvalue weighted by Crippen LogP contribution is -1.86. The number of carbonyl (C=O) groups excluding carboxylic acids is 1. The van der Waals surface area contributed by atoms with Crippen LogP contribution in [-0.2, 0) is 0 Å². The van der Waals surface area contributed by atoms with Crippen LogP contribution in [0.5, 0.6) is 5.75 Å². The molecule has 3 N–H and O–H groups in total. The van der Waals surface area contributed by atoms with E-state index < -0.39 is 0 Å². The maximum Gasteiger partial charge on any atom is 0.169 e. The van der Waals surface area contributed by atoms with Gasteiger partial charge in [-0.15, -0.1) is 11.3 Å². The van der Waals surface area contributed by atoms with Crippen molar-refractivity contribution in [2.24, 2.45) is 0 Å². The molecule has 0 spiro atoms. The van der Waals surface area contributed by atoms with Crippen LogP contribution in [0.4, 0.5) is 0 Å². The lowest BCUT2D eigenvalue weighted by molar-refractivity contribution is 0.102. The Morgan fingerprint density at radius 3 is 2.70 bits per heavy atom. The van der Waals surface area contributed by atoms with Crippen LogP contribution in [0.2, 0.25) is 0 Å². The Morgan fingerprint density at radius 1 is 1.00 bits per heavy atom. The SMILES string of the molecule is CC(=O)c1ccc(-c2cncc3[nH]c(-c4n[nH]c5ccc(-c6cncc(O)c6)nc45)cc23)s1. The molecule has 6 aromatic rings. The number of rotatable bonds is 4. The smallest absolute Gasteiger partial charge is 0.169 e. The first-order valence-corrected chi connectivity index (χ1v) is 11.0. The fraction of sp³-hybridized carbons (Fsp3) is 0.0417. The van der Waals surface area contributed by atoms with Crippen LogP contribution in [0.3, 0.4) is 0 Å². The Balaban J connectivity index is 1.48. The molecule has 0 aliphatic carbocycles. The zero-order valence-corrected chi connectivity index (χ0v) is 18.1. The van der Waals surface area contributed by atoms with Gasteiger partial charge in [0, 0.05) is 33.8 Å². The van der Waals surface area contributed by atoms with E-state index in [1.807, 2.05) is 36.5 Å². The predicted molar refractivity (Wildman–Crippen MR) is 127 cm³/mol. The van der Waals surface area contributed by atoms with Crippen LogP contribution < -0.4 is 0 Å². The molecule has 0 atom stereocenters. The van der Waals surface area contributed by atoms with Gasteiger partial charge in [-0.1, -0.05) is 0 Å². The molecule has 0 fully saturated rings. The number of hydrogen-bond acceptors (Lipinski definition) is 7. The van der Waals surface area contributed by atoms with E-state index >= 15 is 0 Å². The zero-order chi connectivity index (χ0) is 22.5. The van der Waals surface area contributed by atoms with Gasteiger partial charge in [-0.05, 0) is 43.3 Å². The summed E-state index contributed by atoms with van der Waals surface area (Å²) in [5.41, 5.74) is 6.19. The second-order valence-electron chi connectivity index (χ2n) is 7.65. The Kier molecular flexibility index (Phi) is 4.30. The molecule has 33 heavy (non-hydrogen) atoms. The number of hydrogen-bond donors (Lipinski definition) is 3. The van der Waals surface area contributed by atoms with Crippen LogP contribution in [-0.4, -0.2) is 41.0 Å². The average Bonchev–Trinajstić information content (AvgIpc) is 3.55. The van der Waals surface area contributed by atoms with Gasteiger partial charge in [0.15, 0.2) is 5.78 Å². The van der Waals surface area contributed by atoms with Crippen LogP contribution in [0.15, 0.2) is 61.2 Å². The minimum absolute atomic E-state index is 0.0490. The van der Waals surface area contributed by atoms with E-state index in [1.165, 1.54) is 17.5 Å². The summed E-state index contributed by atoms with van der Waals surface area (Å²) in [4.78, 5) is 30.0. The van der Waals surface area contributed by atoms with Crippen molar-refractivity contribution in [1.29, 1.82) is 0 Å². The van der Waals surface area contributed by atoms with E-state index in [-0.39, 0.29) is 11.5 Å².